The van der Waals surface area contributed by atoms with Crippen LogP contribution in [0.25, 0.3) is 17.2 Å². The molecule has 0 heterocycles. The molecule has 0 spiro atoms. The molecular weight excluding hydrogens is 785 g/mol. The Morgan fingerprint density at radius 2 is 1.11 bits per heavy atom. The summed E-state index contributed by atoms with van der Waals surface area (Å²) in [5.41, 5.74) is 21.2. The van der Waals surface area contributed by atoms with Crippen LogP contribution in [0, 0.1) is 19.8 Å². The molecule has 0 aromatic heterocycles. The zero-order valence-corrected chi connectivity index (χ0v) is 38.2. The number of para-hydroxylation sites is 2. The second kappa shape index (κ2) is 20.0. The van der Waals surface area contributed by atoms with Crippen LogP contribution in [0.15, 0.2) is 241 Å². The summed E-state index contributed by atoms with van der Waals surface area (Å²) >= 11 is 0. The van der Waals surface area contributed by atoms with Crippen molar-refractivity contribution in [2.45, 2.75) is 53.4 Å². The van der Waals surface area contributed by atoms with Gasteiger partial charge in [0.2, 0.25) is 0 Å². The van der Waals surface area contributed by atoms with Gasteiger partial charge < -0.3 is 9.80 Å². The first kappa shape index (κ1) is 42.9. The van der Waals surface area contributed by atoms with Crippen molar-refractivity contribution < 1.29 is 0 Å². The topological polar surface area (TPSA) is 6.48 Å². The molecule has 0 saturated heterocycles. The van der Waals surface area contributed by atoms with Crippen molar-refractivity contribution in [1.29, 1.82) is 0 Å². The van der Waals surface area contributed by atoms with E-state index in [0.29, 0.717) is 5.92 Å². The Balaban J connectivity index is 1.09. The van der Waals surface area contributed by atoms with Gasteiger partial charge in [0.15, 0.2) is 0 Å². The van der Waals surface area contributed by atoms with Gasteiger partial charge in [-0.25, -0.2) is 0 Å². The number of rotatable bonds is 13. The molecule has 0 fully saturated rings. The molecule has 0 N–H and O–H groups in total. The number of aryl methyl sites for hydroxylation is 2. The highest BCUT2D eigenvalue weighted by Gasteiger charge is 2.22. The van der Waals surface area contributed by atoms with E-state index >= 15 is 0 Å². The molecule has 0 aliphatic heterocycles. The van der Waals surface area contributed by atoms with Crippen LogP contribution in [0.5, 0.6) is 0 Å². The summed E-state index contributed by atoms with van der Waals surface area (Å²) in [7, 11) is 0. The van der Waals surface area contributed by atoms with Crippen molar-refractivity contribution in [2.24, 2.45) is 5.92 Å². The first-order valence-electron chi connectivity index (χ1n) is 23.1. The van der Waals surface area contributed by atoms with Crippen LogP contribution in [-0.2, 0) is 6.42 Å². The van der Waals surface area contributed by atoms with E-state index in [9.17, 15) is 0 Å². The molecule has 0 saturated carbocycles. The van der Waals surface area contributed by atoms with Gasteiger partial charge >= 0.3 is 0 Å². The molecule has 65 heavy (non-hydrogen) atoms. The van der Waals surface area contributed by atoms with Crippen molar-refractivity contribution in [3.63, 3.8) is 0 Å². The molecule has 2 nitrogen and oxygen atoms in total. The van der Waals surface area contributed by atoms with Crippen LogP contribution < -0.4 is 9.80 Å². The molecule has 0 bridgehead atoms. The third-order valence-electron chi connectivity index (χ3n) is 12.6. The Morgan fingerprint density at radius 1 is 0.538 bits per heavy atom. The van der Waals surface area contributed by atoms with Crippen molar-refractivity contribution in [3.8, 4) is 0 Å². The SMILES string of the molecule is CC1=CC(/C(=C/c2ccc(C/C(=C/C3=CC=C(N(c4ccccc4)c4cccc(C)c4)CC3C)c3ccc(N(c4ccccc4)c4cccc(C)c4)cc3)cc2)c2ccccc2)=CCC1. The van der Waals surface area contributed by atoms with E-state index < -0.39 is 0 Å². The minimum absolute atomic E-state index is 0.311. The smallest absolute Gasteiger partial charge is 0.0464 e. The van der Waals surface area contributed by atoms with Crippen molar-refractivity contribution >= 4 is 45.7 Å². The number of nitrogens with zero attached hydrogens (tertiary/aromatic N) is 2. The summed E-state index contributed by atoms with van der Waals surface area (Å²) < 4.78 is 0. The average Bonchev–Trinajstić information content (AvgIpc) is 3.33. The largest absolute Gasteiger partial charge is 0.314 e. The van der Waals surface area contributed by atoms with Gasteiger partial charge in [0.25, 0.3) is 0 Å². The number of benzene rings is 7. The van der Waals surface area contributed by atoms with E-state index in [1.807, 2.05) is 0 Å². The van der Waals surface area contributed by atoms with Crippen LogP contribution in [0.2, 0.25) is 0 Å². The highest BCUT2D eigenvalue weighted by Crippen LogP contribution is 2.40. The first-order valence-corrected chi connectivity index (χ1v) is 23.1. The van der Waals surface area contributed by atoms with E-state index in [-0.39, 0.29) is 0 Å². The number of allylic oxidation sites excluding steroid dienone is 11. The highest BCUT2D eigenvalue weighted by atomic mass is 15.2. The van der Waals surface area contributed by atoms with Gasteiger partial charge in [0.05, 0.1) is 0 Å². The molecule has 2 heteroatoms. The van der Waals surface area contributed by atoms with Crippen LogP contribution >= 0.6 is 0 Å². The van der Waals surface area contributed by atoms with E-state index in [2.05, 4.69) is 262 Å². The Hall–Kier alpha value is -7.42. The van der Waals surface area contributed by atoms with E-state index in [0.717, 1.165) is 42.7 Å². The summed E-state index contributed by atoms with van der Waals surface area (Å²) in [5, 5.41) is 0. The summed E-state index contributed by atoms with van der Waals surface area (Å²) in [6.45, 7) is 8.95. The van der Waals surface area contributed by atoms with Crippen molar-refractivity contribution in [2.75, 3.05) is 9.80 Å². The number of hydrogen-bond acceptors (Lipinski definition) is 2. The lowest BCUT2D eigenvalue weighted by atomic mass is 9.86. The normalized spacial score (nSPS) is 15.4. The molecule has 0 radical (unpaired) electrons. The molecule has 1 atom stereocenters. The number of hydrogen-bond donors (Lipinski definition) is 0. The quantitative estimate of drug-likeness (QED) is 0.107. The van der Waals surface area contributed by atoms with Crippen molar-refractivity contribution in [3.05, 3.63) is 274 Å². The fourth-order valence-corrected chi connectivity index (χ4v) is 9.20. The van der Waals surface area contributed by atoms with Gasteiger partial charge in [-0.3, -0.25) is 0 Å². The summed E-state index contributed by atoms with van der Waals surface area (Å²) in [6, 6.07) is 68.3. The Labute approximate surface area is 387 Å². The third kappa shape index (κ3) is 10.4. The standard InChI is InChI=1S/C63H58N2/c1-46-17-14-22-55(39-46)63(53-20-8-5-9-21-53)44-51-31-29-50(30-32-51)43-56(52-33-36-59(37-34-52)64(57-23-10-6-11-24-57)60-27-15-18-47(2)40-60)45-54-35-38-62(42-49(54)4)65(58-25-12-7-13-26-58)61-28-16-19-48(3)41-61/h5-13,15-16,18-41,44-45,49H,14,17,42-43H2,1-4H3/b56-45-,63-44+. The highest BCUT2D eigenvalue weighted by molar-refractivity contribution is 5.93. The second-order valence-electron chi connectivity index (χ2n) is 17.7. The predicted octanol–water partition coefficient (Wildman–Crippen LogP) is 17.3. The van der Waals surface area contributed by atoms with E-state index in [4.69, 9.17) is 0 Å². The molecule has 320 valence electrons. The number of anilines is 5. The lowest BCUT2D eigenvalue weighted by molar-refractivity contribution is 0.668. The lowest BCUT2D eigenvalue weighted by Crippen LogP contribution is -2.20. The molecular formula is C63H58N2. The molecule has 9 rings (SSSR count). The van der Waals surface area contributed by atoms with Gasteiger partial charge in [0, 0.05) is 34.1 Å². The molecule has 2 aliphatic carbocycles. The lowest BCUT2D eigenvalue weighted by Gasteiger charge is -2.32. The molecule has 1 unspecified atom stereocenters. The Bertz CT molecular complexity index is 2930. The van der Waals surface area contributed by atoms with Gasteiger partial charge in [-0.15, -0.1) is 0 Å². The third-order valence-corrected chi connectivity index (χ3v) is 12.6. The summed E-state index contributed by atoms with van der Waals surface area (Å²) in [6.07, 6.45) is 18.2. The van der Waals surface area contributed by atoms with Crippen molar-refractivity contribution in [1.82, 2.24) is 0 Å². The maximum Gasteiger partial charge on any atom is 0.0464 e. The van der Waals surface area contributed by atoms with Crippen LogP contribution in [0.3, 0.4) is 0 Å². The molecule has 2 aliphatic rings. The summed E-state index contributed by atoms with van der Waals surface area (Å²) in [5.74, 6) is 0.311. The van der Waals surface area contributed by atoms with Gasteiger partial charge in [-0.05, 0) is 181 Å². The van der Waals surface area contributed by atoms with Gasteiger partial charge in [0.1, 0.15) is 0 Å². The fraction of sp³-hybridized carbons (Fsp3) is 0.143. The summed E-state index contributed by atoms with van der Waals surface area (Å²) in [4.78, 5) is 4.77. The average molecular weight is 843 g/mol. The molecule has 0 amide bonds. The van der Waals surface area contributed by atoms with Gasteiger partial charge in [-0.2, -0.15) is 0 Å². The van der Waals surface area contributed by atoms with Crippen LogP contribution in [0.1, 0.15) is 66.5 Å². The van der Waals surface area contributed by atoms with E-state index in [1.165, 1.54) is 78.3 Å². The minimum Gasteiger partial charge on any atom is -0.314 e. The first-order chi connectivity index (χ1) is 31.8. The predicted molar refractivity (Wildman–Crippen MR) is 279 cm³/mol. The Kier molecular flexibility index (Phi) is 13.2. The molecule has 7 aromatic rings. The zero-order chi connectivity index (χ0) is 44.5. The molecule has 7 aromatic carbocycles. The second-order valence-corrected chi connectivity index (χ2v) is 17.7. The Morgan fingerprint density at radius 3 is 1.71 bits per heavy atom. The van der Waals surface area contributed by atoms with Gasteiger partial charge in [-0.1, -0.05) is 164 Å². The van der Waals surface area contributed by atoms with Crippen LogP contribution in [0.4, 0.5) is 28.4 Å². The fourth-order valence-electron chi connectivity index (χ4n) is 9.20. The maximum absolute atomic E-state index is 2.47. The zero-order valence-electron chi connectivity index (χ0n) is 38.2. The van der Waals surface area contributed by atoms with E-state index in [1.54, 1.807) is 0 Å². The van der Waals surface area contributed by atoms with Crippen LogP contribution in [-0.4, -0.2) is 0 Å². The monoisotopic (exact) mass is 842 g/mol. The maximum atomic E-state index is 2.47. The minimum atomic E-state index is 0.311.